The summed E-state index contributed by atoms with van der Waals surface area (Å²) >= 11 is 0. The highest BCUT2D eigenvalue weighted by Crippen LogP contribution is 2.43. The lowest BCUT2D eigenvalue weighted by Crippen LogP contribution is -2.30. The molecule has 1 aliphatic heterocycles. The number of nitrogens with zero attached hydrogens (tertiary/aromatic N) is 5. The summed E-state index contributed by atoms with van der Waals surface area (Å²) in [6.45, 7) is 8.66. The van der Waals surface area contributed by atoms with E-state index in [4.69, 9.17) is 5.10 Å². The molecule has 0 N–H and O–H groups in total. The molecule has 0 bridgehead atoms. The van der Waals surface area contributed by atoms with Gasteiger partial charge in [-0.15, -0.1) is 0 Å². The van der Waals surface area contributed by atoms with Gasteiger partial charge in [-0.25, -0.2) is 17.6 Å². The summed E-state index contributed by atoms with van der Waals surface area (Å²) in [6.07, 6.45) is 9.96. The summed E-state index contributed by atoms with van der Waals surface area (Å²) in [7, 11) is 0. The average Bonchev–Trinajstić information content (AvgIpc) is 3.56. The summed E-state index contributed by atoms with van der Waals surface area (Å²) < 4.78 is 64.2. The van der Waals surface area contributed by atoms with Gasteiger partial charge in [-0.2, -0.15) is 15.6 Å². The van der Waals surface area contributed by atoms with Crippen molar-refractivity contribution in [3.05, 3.63) is 123 Å². The molecule has 3 aromatic carbocycles. The molecule has 1 aliphatic carbocycles. The fourth-order valence-electron chi connectivity index (χ4n) is 6.85. The van der Waals surface area contributed by atoms with Crippen molar-refractivity contribution in [2.24, 2.45) is 10.5 Å². The van der Waals surface area contributed by atoms with Crippen LogP contribution < -0.4 is 9.91 Å². The van der Waals surface area contributed by atoms with E-state index < -0.39 is 40.6 Å². The number of rotatable bonds is 12. The Balaban J connectivity index is 1.51. The molecule has 264 valence electrons. The van der Waals surface area contributed by atoms with E-state index in [1.54, 1.807) is 12.1 Å². The van der Waals surface area contributed by atoms with E-state index in [0.717, 1.165) is 36.0 Å². The van der Waals surface area contributed by atoms with Crippen molar-refractivity contribution in [3.8, 4) is 12.1 Å². The molecule has 1 unspecified atom stereocenters. The molecular weight excluding hydrogens is 650 g/mol. The second-order valence-electron chi connectivity index (χ2n) is 14.0. The Kier molecular flexibility index (Phi) is 11.8. The highest BCUT2D eigenvalue weighted by molar-refractivity contribution is 6.03. The van der Waals surface area contributed by atoms with E-state index in [-0.39, 0.29) is 30.5 Å². The highest BCUT2D eigenvalue weighted by atomic mass is 19.2. The van der Waals surface area contributed by atoms with Gasteiger partial charge in [0.15, 0.2) is 23.3 Å². The minimum Gasteiger partial charge on any atom is -0.367 e. The van der Waals surface area contributed by atoms with Crippen LogP contribution in [0.2, 0.25) is 0 Å². The third kappa shape index (κ3) is 8.26. The standard InChI is InChI=1S/C42H43F4N5/c1-5-7-20-50(21-8-6-2)41-39(45)37(43)36(38(44)40(41)46)35-23-34(30-12-10-9-11-13-30)49-51(35)33-18-16-28(17-19-33)14-15-29-22-31(32(26-47)27-48)25-42(3,4)24-29/h9-19,22,35H,5-8,20-21,23-25H2,1-4H3. The molecular formula is C42H43F4N5. The van der Waals surface area contributed by atoms with Crippen molar-refractivity contribution in [2.45, 2.75) is 78.7 Å². The lowest BCUT2D eigenvalue weighted by atomic mass is 9.74. The Morgan fingerprint density at radius 2 is 1.47 bits per heavy atom. The van der Waals surface area contributed by atoms with Crippen LogP contribution in [0.1, 0.15) is 95.4 Å². The van der Waals surface area contributed by atoms with Gasteiger partial charge in [0, 0.05) is 19.5 Å². The van der Waals surface area contributed by atoms with Gasteiger partial charge in [-0.3, -0.25) is 5.01 Å². The molecule has 0 aromatic heterocycles. The second kappa shape index (κ2) is 16.2. The van der Waals surface area contributed by atoms with Gasteiger partial charge >= 0.3 is 0 Å². The van der Waals surface area contributed by atoms with Gasteiger partial charge in [-0.05, 0) is 65.5 Å². The van der Waals surface area contributed by atoms with Gasteiger partial charge in [0.05, 0.1) is 23.0 Å². The SMILES string of the molecule is CCCCN(CCCC)c1c(F)c(F)c(C2CC(c3ccccc3)=NN2c2ccc(C=CC3=CC(=C(C#N)C#N)CC(C)(C)C3)cc2)c(F)c1F. The Morgan fingerprint density at radius 1 is 0.863 bits per heavy atom. The van der Waals surface area contributed by atoms with Crippen molar-refractivity contribution < 1.29 is 17.6 Å². The minimum absolute atomic E-state index is 0.0281. The van der Waals surface area contributed by atoms with Gasteiger partial charge in [0.25, 0.3) is 0 Å². The predicted octanol–water partition coefficient (Wildman–Crippen LogP) is 11.1. The normalized spacial score (nSPS) is 16.9. The summed E-state index contributed by atoms with van der Waals surface area (Å²) in [5.74, 6) is -5.60. The monoisotopic (exact) mass is 693 g/mol. The largest absolute Gasteiger partial charge is 0.367 e. The fourth-order valence-corrected chi connectivity index (χ4v) is 6.85. The minimum atomic E-state index is -1.41. The van der Waals surface area contributed by atoms with E-state index in [1.807, 2.05) is 86.7 Å². The zero-order valence-corrected chi connectivity index (χ0v) is 29.6. The van der Waals surface area contributed by atoms with E-state index in [9.17, 15) is 10.5 Å². The summed E-state index contributed by atoms with van der Waals surface area (Å²) in [5, 5.41) is 25.0. The quantitative estimate of drug-likeness (QED) is 0.108. The number of halogens is 4. The maximum atomic E-state index is 16.2. The van der Waals surface area contributed by atoms with Crippen LogP contribution in [0.3, 0.4) is 0 Å². The molecule has 3 aromatic rings. The predicted molar refractivity (Wildman–Crippen MR) is 196 cm³/mol. The zero-order chi connectivity index (χ0) is 36.7. The first-order chi connectivity index (χ1) is 24.5. The molecule has 0 amide bonds. The van der Waals surface area contributed by atoms with E-state index in [1.165, 1.54) is 9.91 Å². The van der Waals surface area contributed by atoms with Crippen molar-refractivity contribution in [1.29, 1.82) is 10.5 Å². The fraction of sp³-hybridized carbons (Fsp3) is 0.357. The summed E-state index contributed by atoms with van der Waals surface area (Å²) in [5.41, 5.74) is 2.93. The van der Waals surface area contributed by atoms with Crippen LogP contribution in [-0.2, 0) is 0 Å². The number of nitriles is 2. The van der Waals surface area contributed by atoms with Crippen LogP contribution in [-0.4, -0.2) is 18.8 Å². The number of benzene rings is 3. The molecule has 5 nitrogen and oxygen atoms in total. The van der Waals surface area contributed by atoms with Crippen LogP contribution >= 0.6 is 0 Å². The number of anilines is 2. The number of hydrogen-bond acceptors (Lipinski definition) is 5. The lowest BCUT2D eigenvalue weighted by Gasteiger charge is -2.30. The number of unbranched alkanes of at least 4 members (excludes halogenated alkanes) is 2. The van der Waals surface area contributed by atoms with Crippen LogP contribution in [0.4, 0.5) is 28.9 Å². The van der Waals surface area contributed by atoms with Gasteiger partial charge in [0.2, 0.25) is 0 Å². The van der Waals surface area contributed by atoms with E-state index in [2.05, 4.69) is 13.8 Å². The third-order valence-electron chi connectivity index (χ3n) is 9.41. The van der Waals surface area contributed by atoms with Crippen LogP contribution in [0, 0.1) is 51.3 Å². The molecule has 51 heavy (non-hydrogen) atoms. The van der Waals surface area contributed by atoms with Gasteiger partial charge in [-0.1, -0.05) is 101 Å². The Hall–Kier alpha value is -5.15. The molecule has 9 heteroatoms. The molecule has 2 aliphatic rings. The summed E-state index contributed by atoms with van der Waals surface area (Å²) in [4.78, 5) is 1.42. The average molecular weight is 694 g/mol. The maximum Gasteiger partial charge on any atom is 0.185 e. The first-order valence-electron chi connectivity index (χ1n) is 17.6. The van der Waals surface area contributed by atoms with Gasteiger partial charge in [0.1, 0.15) is 23.4 Å². The van der Waals surface area contributed by atoms with Gasteiger partial charge < -0.3 is 4.90 Å². The molecule has 1 heterocycles. The molecule has 0 saturated heterocycles. The maximum absolute atomic E-state index is 16.2. The Bertz CT molecular complexity index is 1890. The number of allylic oxidation sites excluding steroid dienone is 5. The topological polar surface area (TPSA) is 66.4 Å². The van der Waals surface area contributed by atoms with Crippen LogP contribution in [0.25, 0.3) is 6.08 Å². The summed E-state index contributed by atoms with van der Waals surface area (Å²) in [6, 6.07) is 19.2. The first-order valence-corrected chi connectivity index (χ1v) is 17.6. The van der Waals surface area contributed by atoms with Crippen molar-refractivity contribution in [1.82, 2.24) is 0 Å². The molecule has 0 saturated carbocycles. The van der Waals surface area contributed by atoms with E-state index >= 15 is 17.6 Å². The molecule has 5 rings (SSSR count). The Labute approximate surface area is 298 Å². The number of hydrazone groups is 1. The van der Waals surface area contributed by atoms with Crippen molar-refractivity contribution in [2.75, 3.05) is 23.0 Å². The third-order valence-corrected chi connectivity index (χ3v) is 9.41. The van der Waals surface area contributed by atoms with Crippen LogP contribution in [0.5, 0.6) is 0 Å². The van der Waals surface area contributed by atoms with Crippen molar-refractivity contribution >= 4 is 23.2 Å². The second-order valence-corrected chi connectivity index (χ2v) is 14.0. The van der Waals surface area contributed by atoms with Crippen LogP contribution in [0.15, 0.2) is 88.6 Å². The Morgan fingerprint density at radius 3 is 2.04 bits per heavy atom. The van der Waals surface area contributed by atoms with E-state index in [0.29, 0.717) is 36.2 Å². The highest BCUT2D eigenvalue weighted by Gasteiger charge is 2.38. The first kappa shape index (κ1) is 37.1. The molecule has 0 fully saturated rings. The molecule has 0 radical (unpaired) electrons. The zero-order valence-electron chi connectivity index (χ0n) is 29.6. The molecule has 0 spiro atoms. The van der Waals surface area contributed by atoms with Crippen molar-refractivity contribution in [3.63, 3.8) is 0 Å². The lowest BCUT2D eigenvalue weighted by molar-refractivity contribution is 0.354. The number of hydrogen-bond donors (Lipinski definition) is 0. The smallest absolute Gasteiger partial charge is 0.185 e. The molecule has 1 atom stereocenters.